The topological polar surface area (TPSA) is 75.2 Å². The van der Waals surface area contributed by atoms with Crippen molar-refractivity contribution in [3.8, 4) is 0 Å². The standard InChI is InChI=1S/C22H21ClF8N4O2S/c1-21(14-9-32-11-33-10-14,20(37)34-17-7-13-6-12(17)8-22(13,25)26)35(19(36)18(23)24)15-2-4-16(5-3-15)38(27,28,29,30)31/h2-5,9-13,17-18H,6-8H2,1H3,(H,34,37)/t12?,13?,17-,18-,21+/m0/s1. The zero-order valence-electron chi connectivity index (χ0n) is 19.4. The molecule has 0 radical (unpaired) electrons. The highest BCUT2D eigenvalue weighted by Crippen LogP contribution is 3.02. The molecule has 16 heteroatoms. The molecule has 0 saturated heterocycles. The number of nitrogens with one attached hydrogen (secondary N) is 1. The number of benzene rings is 1. The SMILES string of the molecule is C[C@](C(=O)N[C@H]1CC2CC1CC2(F)F)(c1cncnc1)N(C(=O)[C@H](F)Cl)c1ccc(S(F)(F)(F)(F)F)cc1. The summed E-state index contributed by atoms with van der Waals surface area (Å²) in [6, 6.07) is 0.198. The second-order valence-electron chi connectivity index (χ2n) is 9.61. The number of hydrogen-bond donors (Lipinski definition) is 1. The Morgan fingerprint density at radius 3 is 2.13 bits per heavy atom. The first-order valence-corrected chi connectivity index (χ1v) is 13.5. The number of carbonyl (C=O) groups is 2. The average Bonchev–Trinajstić information content (AvgIpc) is 3.34. The highest BCUT2D eigenvalue weighted by Gasteiger charge is 2.65. The van der Waals surface area contributed by atoms with E-state index in [-0.39, 0.29) is 30.5 Å². The van der Waals surface area contributed by atoms with Gasteiger partial charge in [0.2, 0.25) is 0 Å². The van der Waals surface area contributed by atoms with Gasteiger partial charge < -0.3 is 5.32 Å². The van der Waals surface area contributed by atoms with Gasteiger partial charge in [0.25, 0.3) is 23.4 Å². The van der Waals surface area contributed by atoms with Gasteiger partial charge in [-0.25, -0.2) is 23.1 Å². The molecule has 4 rings (SSSR count). The maximum absolute atomic E-state index is 14.2. The minimum Gasteiger partial charge on any atom is -0.351 e. The van der Waals surface area contributed by atoms with Gasteiger partial charge in [0, 0.05) is 42.0 Å². The third-order valence-electron chi connectivity index (χ3n) is 7.10. The van der Waals surface area contributed by atoms with Crippen molar-refractivity contribution in [1.29, 1.82) is 0 Å². The van der Waals surface area contributed by atoms with Crippen LogP contribution in [0.15, 0.2) is 47.9 Å². The maximum atomic E-state index is 14.2. The molecule has 2 saturated carbocycles. The maximum Gasteiger partial charge on any atom is 0.310 e. The van der Waals surface area contributed by atoms with Crippen molar-refractivity contribution < 1.29 is 42.2 Å². The van der Waals surface area contributed by atoms with Gasteiger partial charge in [0.05, 0.1) is 0 Å². The molecule has 2 aromatic rings. The first kappa shape index (κ1) is 28.3. The number of aromatic nitrogens is 2. The molecule has 6 nitrogen and oxygen atoms in total. The summed E-state index contributed by atoms with van der Waals surface area (Å²) in [5, 5.41) is 2.60. The lowest BCUT2D eigenvalue weighted by Gasteiger charge is -2.42. The third kappa shape index (κ3) is 5.14. The van der Waals surface area contributed by atoms with E-state index in [0.29, 0.717) is 17.0 Å². The summed E-state index contributed by atoms with van der Waals surface area (Å²) in [7, 11) is -10.1. The van der Waals surface area contributed by atoms with Crippen molar-refractivity contribution in [2.75, 3.05) is 4.90 Å². The zero-order valence-corrected chi connectivity index (χ0v) is 21.0. The molecule has 1 N–H and O–H groups in total. The molecule has 1 aromatic heterocycles. The van der Waals surface area contributed by atoms with Gasteiger partial charge in [-0.15, -0.1) is 0 Å². The molecule has 2 aliphatic rings. The second kappa shape index (κ2) is 8.41. The van der Waals surface area contributed by atoms with Gasteiger partial charge in [-0.2, -0.15) is 0 Å². The van der Waals surface area contributed by atoms with Crippen LogP contribution in [-0.4, -0.2) is 39.4 Å². The Labute approximate surface area is 216 Å². The Morgan fingerprint density at radius 1 is 1.11 bits per heavy atom. The molecule has 5 atom stereocenters. The first-order chi connectivity index (χ1) is 17.2. The summed E-state index contributed by atoms with van der Waals surface area (Å²) >= 11 is 5.37. The summed E-state index contributed by atoms with van der Waals surface area (Å²) in [5.41, 5.74) is -5.82. The fourth-order valence-electron chi connectivity index (χ4n) is 5.17. The van der Waals surface area contributed by atoms with Crippen LogP contribution in [0.5, 0.6) is 0 Å². The van der Waals surface area contributed by atoms with Crippen molar-refractivity contribution in [3.05, 3.63) is 48.5 Å². The molecule has 0 spiro atoms. The summed E-state index contributed by atoms with van der Waals surface area (Å²) in [4.78, 5) is 32.4. The minimum atomic E-state index is -10.1. The predicted molar refractivity (Wildman–Crippen MR) is 123 cm³/mol. The van der Waals surface area contributed by atoms with E-state index in [1.165, 1.54) is 0 Å². The average molecular weight is 593 g/mol. The summed E-state index contributed by atoms with van der Waals surface area (Å²) in [5.74, 6) is -7.07. The minimum absolute atomic E-state index is 0.00350. The van der Waals surface area contributed by atoms with E-state index >= 15 is 0 Å². The number of amides is 2. The van der Waals surface area contributed by atoms with Gasteiger partial charge in [0.1, 0.15) is 11.2 Å². The van der Waals surface area contributed by atoms with Crippen LogP contribution in [0.25, 0.3) is 0 Å². The molecule has 38 heavy (non-hydrogen) atoms. The van der Waals surface area contributed by atoms with E-state index in [9.17, 15) is 42.2 Å². The smallest absolute Gasteiger partial charge is 0.310 e. The number of fused-ring (bicyclic) bond motifs is 2. The Hall–Kier alpha value is -2.68. The second-order valence-corrected chi connectivity index (χ2v) is 12.4. The summed E-state index contributed by atoms with van der Waals surface area (Å²) in [6.07, 6.45) is 2.82. The quantitative estimate of drug-likeness (QED) is 0.296. The molecular weight excluding hydrogens is 572 g/mol. The van der Waals surface area contributed by atoms with Crippen LogP contribution < -0.4 is 10.2 Å². The van der Waals surface area contributed by atoms with Crippen LogP contribution in [0.3, 0.4) is 0 Å². The van der Waals surface area contributed by atoms with E-state index in [4.69, 9.17) is 11.6 Å². The van der Waals surface area contributed by atoms with Gasteiger partial charge in [-0.05, 0) is 49.9 Å². The van der Waals surface area contributed by atoms with E-state index < -0.39 is 74.0 Å². The van der Waals surface area contributed by atoms with Crippen molar-refractivity contribution >= 4 is 39.3 Å². The van der Waals surface area contributed by atoms with Crippen molar-refractivity contribution in [3.63, 3.8) is 0 Å². The Bertz CT molecular complexity index is 1250. The molecule has 2 unspecified atom stereocenters. The van der Waals surface area contributed by atoms with Crippen LogP contribution in [-0.2, 0) is 15.1 Å². The Balaban J connectivity index is 1.79. The fourth-order valence-corrected chi connectivity index (χ4v) is 5.91. The van der Waals surface area contributed by atoms with Crippen molar-refractivity contribution in [2.45, 2.75) is 54.2 Å². The largest absolute Gasteiger partial charge is 0.351 e. The number of halogens is 9. The van der Waals surface area contributed by atoms with Crippen molar-refractivity contribution in [2.24, 2.45) is 11.8 Å². The molecule has 0 aliphatic heterocycles. The van der Waals surface area contributed by atoms with Crippen LogP contribution in [0.1, 0.15) is 31.7 Å². The molecule has 2 amide bonds. The summed E-state index contributed by atoms with van der Waals surface area (Å²) < 4.78 is 108. The van der Waals surface area contributed by atoms with E-state index in [1.54, 1.807) is 0 Å². The molecule has 2 bridgehead atoms. The lowest BCUT2D eigenvalue weighted by molar-refractivity contribution is -0.132. The number of hydrogen-bond acceptors (Lipinski definition) is 4. The van der Waals surface area contributed by atoms with Crippen LogP contribution >= 0.6 is 21.8 Å². The molecule has 210 valence electrons. The lowest BCUT2D eigenvalue weighted by atomic mass is 9.87. The first-order valence-electron chi connectivity index (χ1n) is 11.1. The Kier molecular flexibility index (Phi) is 6.27. The van der Waals surface area contributed by atoms with Gasteiger partial charge >= 0.3 is 10.2 Å². The normalized spacial score (nSPS) is 26.5. The third-order valence-corrected chi connectivity index (χ3v) is 8.45. The van der Waals surface area contributed by atoms with Gasteiger partial charge in [0.15, 0.2) is 5.54 Å². The number of anilines is 1. The number of nitrogens with zero attached hydrogens (tertiary/aromatic N) is 3. The monoisotopic (exact) mass is 592 g/mol. The number of carbonyl (C=O) groups excluding carboxylic acids is 2. The summed E-state index contributed by atoms with van der Waals surface area (Å²) in [6.45, 7) is 1.10. The van der Waals surface area contributed by atoms with Crippen LogP contribution in [0.4, 0.5) is 38.3 Å². The number of rotatable bonds is 7. The van der Waals surface area contributed by atoms with E-state index in [1.807, 2.05) is 0 Å². The Morgan fingerprint density at radius 2 is 1.68 bits per heavy atom. The highest BCUT2D eigenvalue weighted by molar-refractivity contribution is 8.45. The molecule has 1 aromatic carbocycles. The zero-order chi connectivity index (χ0) is 28.4. The molecular formula is C22H21ClF8N4O2S. The lowest BCUT2D eigenvalue weighted by Crippen LogP contribution is -2.60. The fraction of sp³-hybridized carbons (Fsp3) is 0.455. The van der Waals surface area contributed by atoms with Gasteiger partial charge in [-0.3, -0.25) is 14.5 Å². The highest BCUT2D eigenvalue weighted by atomic mass is 35.5. The van der Waals surface area contributed by atoms with E-state index in [0.717, 1.165) is 25.6 Å². The van der Waals surface area contributed by atoms with Crippen LogP contribution in [0.2, 0.25) is 0 Å². The predicted octanol–water partition coefficient (Wildman–Crippen LogP) is 6.47. The van der Waals surface area contributed by atoms with Gasteiger partial charge in [-0.1, -0.05) is 31.0 Å². The number of alkyl halides is 4. The molecule has 2 aliphatic carbocycles. The van der Waals surface area contributed by atoms with E-state index in [2.05, 4.69) is 15.3 Å². The van der Waals surface area contributed by atoms with Crippen LogP contribution in [0, 0.1) is 11.8 Å². The molecule has 1 heterocycles. The van der Waals surface area contributed by atoms with Crippen molar-refractivity contribution in [1.82, 2.24) is 15.3 Å². The molecule has 2 fully saturated rings.